The zero-order chi connectivity index (χ0) is 19.5. The fourth-order valence-electron chi connectivity index (χ4n) is 4.11. The molecule has 2 heterocycles. The summed E-state index contributed by atoms with van der Waals surface area (Å²) in [7, 11) is 1.85. The van der Waals surface area contributed by atoms with Gasteiger partial charge >= 0.3 is 0 Å². The fraction of sp³-hybridized carbons (Fsp3) is 0.900. The van der Waals surface area contributed by atoms with Crippen molar-refractivity contribution in [3.05, 3.63) is 0 Å². The lowest BCUT2D eigenvalue weighted by Crippen LogP contribution is -2.48. The van der Waals surface area contributed by atoms with Crippen molar-refractivity contribution in [1.82, 2.24) is 20.4 Å². The van der Waals surface area contributed by atoms with E-state index in [0.717, 1.165) is 51.4 Å². The van der Waals surface area contributed by atoms with E-state index < -0.39 is 0 Å². The summed E-state index contributed by atoms with van der Waals surface area (Å²) in [6.07, 6.45) is 7.77. The Hall–Kier alpha value is -1.34. The average Bonchev–Trinajstić information content (AvgIpc) is 2.68. The molecule has 0 saturated carbocycles. The van der Waals surface area contributed by atoms with E-state index in [1.807, 2.05) is 7.05 Å². The number of carbonyl (C=O) groups is 1. The topological polar surface area (TPSA) is 86.0 Å². The summed E-state index contributed by atoms with van der Waals surface area (Å²) in [6, 6.07) is 0.538. The Balaban J connectivity index is 1.52. The van der Waals surface area contributed by atoms with Crippen LogP contribution < -0.4 is 16.4 Å². The number of piperidine rings is 2. The quantitative estimate of drug-likeness (QED) is 0.316. The smallest absolute Gasteiger partial charge is 0.220 e. The van der Waals surface area contributed by atoms with Gasteiger partial charge in [-0.2, -0.15) is 0 Å². The van der Waals surface area contributed by atoms with Crippen molar-refractivity contribution in [2.45, 2.75) is 57.9 Å². The van der Waals surface area contributed by atoms with Gasteiger partial charge in [0.15, 0.2) is 5.96 Å². The molecule has 0 atom stereocenters. The highest BCUT2D eigenvalue weighted by Crippen LogP contribution is 2.16. The van der Waals surface area contributed by atoms with Crippen LogP contribution in [0.5, 0.6) is 0 Å². The number of hydrogen-bond donors (Lipinski definition) is 3. The van der Waals surface area contributed by atoms with Crippen LogP contribution in [0.1, 0.15) is 51.9 Å². The minimum Gasteiger partial charge on any atom is -0.369 e. The van der Waals surface area contributed by atoms with E-state index in [-0.39, 0.29) is 11.8 Å². The molecule has 0 aromatic heterocycles. The first-order chi connectivity index (χ1) is 13.1. The Morgan fingerprint density at radius 1 is 1.04 bits per heavy atom. The van der Waals surface area contributed by atoms with E-state index in [4.69, 9.17) is 5.73 Å². The number of aliphatic imine (C=N–C) groups is 1. The van der Waals surface area contributed by atoms with Gasteiger partial charge in [0.1, 0.15) is 0 Å². The molecule has 2 aliphatic heterocycles. The van der Waals surface area contributed by atoms with Crippen molar-refractivity contribution in [2.24, 2.45) is 16.6 Å². The molecule has 7 nitrogen and oxygen atoms in total. The van der Waals surface area contributed by atoms with E-state index in [9.17, 15) is 4.79 Å². The number of amides is 1. The minimum atomic E-state index is -0.131. The first kappa shape index (κ1) is 22.0. The Bertz CT molecular complexity index is 453. The van der Waals surface area contributed by atoms with Crippen molar-refractivity contribution in [1.29, 1.82) is 0 Å². The third-order valence-electron chi connectivity index (χ3n) is 5.88. The third-order valence-corrected chi connectivity index (χ3v) is 5.88. The number of hydrogen-bond acceptors (Lipinski definition) is 4. The van der Waals surface area contributed by atoms with Gasteiger partial charge in [-0.15, -0.1) is 0 Å². The van der Waals surface area contributed by atoms with E-state index >= 15 is 0 Å². The Kier molecular flexibility index (Phi) is 9.91. The van der Waals surface area contributed by atoms with Crippen molar-refractivity contribution < 1.29 is 4.79 Å². The highest BCUT2D eigenvalue weighted by Gasteiger charge is 2.22. The monoisotopic (exact) mass is 380 g/mol. The van der Waals surface area contributed by atoms with Gasteiger partial charge in [-0.1, -0.05) is 6.92 Å². The highest BCUT2D eigenvalue weighted by molar-refractivity contribution is 5.79. The second-order valence-electron chi connectivity index (χ2n) is 7.98. The molecule has 2 saturated heterocycles. The van der Waals surface area contributed by atoms with E-state index in [1.54, 1.807) is 0 Å². The predicted octanol–water partition coefficient (Wildman–Crippen LogP) is 1.00. The Labute approximate surface area is 165 Å². The van der Waals surface area contributed by atoms with Crippen molar-refractivity contribution in [2.75, 3.05) is 52.9 Å². The molecule has 4 N–H and O–H groups in total. The molecule has 0 unspecified atom stereocenters. The summed E-state index contributed by atoms with van der Waals surface area (Å²) in [5, 5.41) is 7.04. The molecule has 0 bridgehead atoms. The van der Waals surface area contributed by atoms with Crippen LogP contribution >= 0.6 is 0 Å². The van der Waals surface area contributed by atoms with Crippen LogP contribution in [0.3, 0.4) is 0 Å². The maximum atomic E-state index is 11.2. The van der Waals surface area contributed by atoms with Gasteiger partial charge in [0.05, 0.1) is 0 Å². The summed E-state index contributed by atoms with van der Waals surface area (Å²) in [4.78, 5) is 20.6. The van der Waals surface area contributed by atoms with Gasteiger partial charge in [0.2, 0.25) is 5.91 Å². The zero-order valence-electron chi connectivity index (χ0n) is 17.4. The van der Waals surface area contributed by atoms with E-state index in [0.29, 0.717) is 6.04 Å². The maximum Gasteiger partial charge on any atom is 0.220 e. The first-order valence-corrected chi connectivity index (χ1v) is 10.8. The lowest BCUT2D eigenvalue weighted by molar-refractivity contribution is -0.123. The molecule has 27 heavy (non-hydrogen) atoms. The summed E-state index contributed by atoms with van der Waals surface area (Å²) in [6.45, 7) is 9.91. The molecular formula is C20H40N6O. The molecule has 0 aliphatic carbocycles. The molecule has 2 aliphatic rings. The summed E-state index contributed by atoms with van der Waals surface area (Å²) >= 11 is 0. The van der Waals surface area contributed by atoms with Crippen LogP contribution in [0.4, 0.5) is 0 Å². The summed E-state index contributed by atoms with van der Waals surface area (Å²) in [5.41, 5.74) is 5.40. The molecule has 1 amide bonds. The zero-order valence-corrected chi connectivity index (χ0v) is 17.4. The van der Waals surface area contributed by atoms with Crippen LogP contribution in [0, 0.1) is 5.92 Å². The summed E-state index contributed by atoms with van der Waals surface area (Å²) in [5.74, 6) is 0.895. The second-order valence-corrected chi connectivity index (χ2v) is 7.98. The number of carbonyl (C=O) groups excluding carboxylic acids is 1. The summed E-state index contributed by atoms with van der Waals surface area (Å²) < 4.78 is 0. The van der Waals surface area contributed by atoms with Crippen LogP contribution in [-0.4, -0.2) is 80.6 Å². The highest BCUT2D eigenvalue weighted by atomic mass is 16.1. The Morgan fingerprint density at radius 2 is 1.67 bits per heavy atom. The van der Waals surface area contributed by atoms with Gasteiger partial charge in [-0.05, 0) is 71.1 Å². The molecule has 156 valence electrons. The van der Waals surface area contributed by atoms with Crippen LogP contribution in [0.15, 0.2) is 4.99 Å². The molecule has 0 aromatic carbocycles. The van der Waals surface area contributed by atoms with Gasteiger partial charge in [0.25, 0.3) is 0 Å². The molecule has 0 aromatic rings. The fourth-order valence-corrected chi connectivity index (χ4v) is 4.11. The van der Waals surface area contributed by atoms with Gasteiger partial charge in [-0.3, -0.25) is 9.79 Å². The standard InChI is InChI=1S/C20H40N6O/c1-3-11-25-15-8-18(9-16-25)24-20(22-2)23-10-4-5-12-26-13-6-17(7-14-26)19(21)27/h17-18H,3-16H2,1-2H3,(H2,21,27)(H2,22,23,24). The van der Waals surface area contributed by atoms with Gasteiger partial charge in [0, 0.05) is 38.6 Å². The molecular weight excluding hydrogens is 340 g/mol. The number of guanidine groups is 1. The number of nitrogens with one attached hydrogen (secondary N) is 2. The first-order valence-electron chi connectivity index (χ1n) is 10.8. The molecule has 0 radical (unpaired) electrons. The van der Waals surface area contributed by atoms with Crippen molar-refractivity contribution in [3.63, 3.8) is 0 Å². The predicted molar refractivity (Wildman–Crippen MR) is 112 cm³/mol. The number of nitrogens with zero attached hydrogens (tertiary/aromatic N) is 3. The molecule has 0 spiro atoms. The van der Waals surface area contributed by atoms with Crippen LogP contribution in [0.25, 0.3) is 0 Å². The number of nitrogens with two attached hydrogens (primary N) is 1. The second kappa shape index (κ2) is 12.2. The van der Waals surface area contributed by atoms with Crippen LogP contribution in [-0.2, 0) is 4.79 Å². The Morgan fingerprint density at radius 3 is 2.26 bits per heavy atom. The van der Waals surface area contributed by atoms with Crippen molar-refractivity contribution in [3.8, 4) is 0 Å². The molecule has 7 heteroatoms. The van der Waals surface area contributed by atoms with Crippen LogP contribution in [0.2, 0.25) is 0 Å². The lowest BCUT2D eigenvalue weighted by atomic mass is 9.96. The minimum absolute atomic E-state index is 0.0890. The number of likely N-dealkylation sites (tertiary alicyclic amines) is 2. The van der Waals surface area contributed by atoms with E-state index in [1.165, 1.54) is 45.3 Å². The molecule has 2 rings (SSSR count). The number of rotatable bonds is 9. The largest absolute Gasteiger partial charge is 0.369 e. The van der Waals surface area contributed by atoms with Gasteiger partial charge in [-0.25, -0.2) is 0 Å². The number of primary amides is 1. The SMILES string of the molecule is CCCN1CCC(NC(=NC)NCCCCN2CCC(C(N)=O)CC2)CC1. The third kappa shape index (κ3) is 8.05. The normalized spacial score (nSPS) is 21.3. The molecule has 2 fully saturated rings. The average molecular weight is 381 g/mol. The maximum absolute atomic E-state index is 11.2. The van der Waals surface area contributed by atoms with Crippen molar-refractivity contribution >= 4 is 11.9 Å². The number of unbranched alkanes of at least 4 members (excludes halogenated alkanes) is 1. The van der Waals surface area contributed by atoms with E-state index in [2.05, 4.69) is 32.3 Å². The van der Waals surface area contributed by atoms with Gasteiger partial charge < -0.3 is 26.2 Å². The lowest BCUT2D eigenvalue weighted by Gasteiger charge is -2.32.